The summed E-state index contributed by atoms with van der Waals surface area (Å²) in [6.07, 6.45) is 4.06. The molecule has 3 nitrogen and oxygen atoms in total. The smallest absolute Gasteiger partial charge is 0.185 e. The minimum Gasteiger partial charge on any atom is -0.387 e. The third-order valence-electron chi connectivity index (χ3n) is 4.58. The van der Waals surface area contributed by atoms with E-state index >= 15 is 0 Å². The molecule has 20 heavy (non-hydrogen) atoms. The number of rotatable bonds is 1. The molecule has 1 N–H and O–H groups in total. The lowest BCUT2D eigenvalue weighted by Gasteiger charge is -2.37. The van der Waals surface area contributed by atoms with Crippen molar-refractivity contribution >= 4 is 16.5 Å². The van der Waals surface area contributed by atoms with Gasteiger partial charge in [0.1, 0.15) is 0 Å². The van der Waals surface area contributed by atoms with Crippen LogP contribution in [0.5, 0.6) is 0 Å². The molecule has 0 radical (unpaired) electrons. The normalized spacial score (nSPS) is 28.2. The number of piperidine rings is 1. The van der Waals surface area contributed by atoms with Gasteiger partial charge in [0.25, 0.3) is 0 Å². The van der Waals surface area contributed by atoms with Gasteiger partial charge in [0.05, 0.1) is 16.7 Å². The van der Waals surface area contributed by atoms with Crippen LogP contribution in [0.15, 0.2) is 0 Å². The molecule has 3 rings (SSSR count). The van der Waals surface area contributed by atoms with E-state index in [0.29, 0.717) is 5.41 Å². The number of hydrogen-bond donors (Lipinski definition) is 1. The van der Waals surface area contributed by atoms with E-state index in [9.17, 15) is 5.11 Å². The fourth-order valence-corrected chi connectivity index (χ4v) is 4.69. The Morgan fingerprint density at radius 2 is 2.00 bits per heavy atom. The molecule has 1 fully saturated rings. The number of thiazole rings is 1. The summed E-state index contributed by atoms with van der Waals surface area (Å²) in [4.78, 5) is 8.41. The van der Waals surface area contributed by atoms with Gasteiger partial charge in [-0.1, -0.05) is 39.0 Å². The van der Waals surface area contributed by atoms with Crippen LogP contribution < -0.4 is 4.90 Å². The summed E-state index contributed by atoms with van der Waals surface area (Å²) < 4.78 is 0. The van der Waals surface area contributed by atoms with E-state index in [-0.39, 0.29) is 11.5 Å². The molecule has 0 saturated carbocycles. The lowest BCUT2D eigenvalue weighted by atomic mass is 9.77. The Morgan fingerprint density at radius 1 is 1.25 bits per heavy atom. The van der Waals surface area contributed by atoms with E-state index in [1.54, 1.807) is 11.3 Å². The molecule has 0 amide bonds. The lowest BCUT2D eigenvalue weighted by molar-refractivity contribution is 0.102. The van der Waals surface area contributed by atoms with Crippen LogP contribution in [-0.4, -0.2) is 23.2 Å². The van der Waals surface area contributed by atoms with E-state index in [0.717, 1.165) is 41.6 Å². The highest BCUT2D eigenvalue weighted by Gasteiger charge is 2.35. The van der Waals surface area contributed by atoms with Crippen molar-refractivity contribution in [3.8, 4) is 0 Å². The minimum absolute atomic E-state index is 0.166. The fraction of sp³-hybridized carbons (Fsp3) is 0.812. The largest absolute Gasteiger partial charge is 0.387 e. The third kappa shape index (κ3) is 2.73. The predicted octanol–water partition coefficient (Wildman–Crippen LogP) is 3.78. The van der Waals surface area contributed by atoms with Gasteiger partial charge in [-0.05, 0) is 36.5 Å². The molecule has 0 aromatic carbocycles. The van der Waals surface area contributed by atoms with Crippen molar-refractivity contribution in [2.45, 2.75) is 59.5 Å². The monoisotopic (exact) mass is 294 g/mol. The Bertz CT molecular complexity index is 507. The maximum atomic E-state index is 10.4. The van der Waals surface area contributed by atoms with Crippen LogP contribution in [-0.2, 0) is 6.42 Å². The molecular weight excluding hydrogens is 268 g/mol. The number of hydrogen-bond acceptors (Lipinski definition) is 4. The van der Waals surface area contributed by atoms with Gasteiger partial charge in [0.15, 0.2) is 5.13 Å². The first-order valence-corrected chi connectivity index (χ1v) is 8.50. The van der Waals surface area contributed by atoms with Gasteiger partial charge >= 0.3 is 0 Å². The molecule has 2 aliphatic rings. The maximum absolute atomic E-state index is 10.4. The van der Waals surface area contributed by atoms with Gasteiger partial charge in [-0.3, -0.25) is 0 Å². The summed E-state index contributed by atoms with van der Waals surface area (Å²) in [5, 5.41) is 11.5. The van der Waals surface area contributed by atoms with Crippen molar-refractivity contribution in [3.05, 3.63) is 10.6 Å². The van der Waals surface area contributed by atoms with Crippen LogP contribution in [0.25, 0.3) is 0 Å². The molecule has 0 bridgehead atoms. The quantitative estimate of drug-likeness (QED) is 0.856. The molecule has 2 heterocycles. The summed E-state index contributed by atoms with van der Waals surface area (Å²) in [5.74, 6) is 0. The number of aromatic nitrogens is 1. The predicted molar refractivity (Wildman–Crippen MR) is 84.4 cm³/mol. The zero-order valence-electron chi connectivity index (χ0n) is 13.1. The van der Waals surface area contributed by atoms with Gasteiger partial charge in [-0.15, -0.1) is 0 Å². The number of nitrogens with zero attached hydrogens (tertiary/aromatic N) is 2. The molecular formula is C16H26N2OS. The minimum atomic E-state index is -0.321. The first-order valence-electron chi connectivity index (χ1n) is 7.68. The second kappa shape index (κ2) is 4.70. The van der Waals surface area contributed by atoms with E-state index in [4.69, 9.17) is 4.98 Å². The SMILES string of the molecule is CC1(C)Cc2nc(N3CCCC(C)(C)C3)sc2C(O)C1. The molecule has 1 aliphatic heterocycles. The zero-order valence-corrected chi connectivity index (χ0v) is 13.9. The first-order chi connectivity index (χ1) is 9.26. The molecule has 1 unspecified atom stereocenters. The summed E-state index contributed by atoms with van der Waals surface area (Å²) in [5.41, 5.74) is 1.68. The Kier molecular flexibility index (Phi) is 3.37. The highest BCUT2D eigenvalue weighted by atomic mass is 32.1. The molecule has 1 aromatic heterocycles. The van der Waals surface area contributed by atoms with E-state index in [1.165, 1.54) is 12.8 Å². The Balaban J connectivity index is 1.87. The molecule has 4 heteroatoms. The van der Waals surface area contributed by atoms with Gasteiger partial charge < -0.3 is 10.0 Å². The number of aliphatic hydroxyl groups excluding tert-OH is 1. The van der Waals surface area contributed by atoms with Crippen LogP contribution in [0.1, 0.15) is 63.6 Å². The third-order valence-corrected chi connectivity index (χ3v) is 5.84. The van der Waals surface area contributed by atoms with Crippen molar-refractivity contribution < 1.29 is 5.11 Å². The highest BCUT2D eigenvalue weighted by molar-refractivity contribution is 7.15. The van der Waals surface area contributed by atoms with E-state index < -0.39 is 0 Å². The van der Waals surface area contributed by atoms with Gasteiger partial charge in [0.2, 0.25) is 0 Å². The Morgan fingerprint density at radius 3 is 2.70 bits per heavy atom. The Hall–Kier alpha value is -0.610. The standard InChI is InChI=1S/C16H26N2OS/c1-15(2)6-5-7-18(10-15)14-17-11-8-16(3,4)9-12(19)13(11)20-14/h12,19H,5-10H2,1-4H3. The highest BCUT2D eigenvalue weighted by Crippen LogP contribution is 2.45. The lowest BCUT2D eigenvalue weighted by Crippen LogP contribution is -2.40. The zero-order chi connectivity index (χ0) is 14.5. The molecule has 1 aliphatic carbocycles. The number of fused-ring (bicyclic) bond motifs is 1. The van der Waals surface area contributed by atoms with Crippen molar-refractivity contribution in [2.75, 3.05) is 18.0 Å². The van der Waals surface area contributed by atoms with Crippen LogP contribution in [0.2, 0.25) is 0 Å². The van der Waals surface area contributed by atoms with Gasteiger partial charge in [-0.25, -0.2) is 4.98 Å². The summed E-state index contributed by atoms with van der Waals surface area (Å²) in [6.45, 7) is 11.3. The number of anilines is 1. The average Bonchev–Trinajstić information content (AvgIpc) is 2.70. The van der Waals surface area contributed by atoms with E-state index in [1.807, 2.05) is 0 Å². The van der Waals surface area contributed by atoms with Crippen molar-refractivity contribution in [2.24, 2.45) is 10.8 Å². The first kappa shape index (κ1) is 14.3. The molecule has 0 spiro atoms. The molecule has 112 valence electrons. The Labute approximate surface area is 126 Å². The topological polar surface area (TPSA) is 36.4 Å². The molecule has 1 saturated heterocycles. The summed E-state index contributed by atoms with van der Waals surface area (Å²) in [6, 6.07) is 0. The van der Waals surface area contributed by atoms with Crippen molar-refractivity contribution in [1.82, 2.24) is 4.98 Å². The van der Waals surface area contributed by atoms with Crippen molar-refractivity contribution in [3.63, 3.8) is 0 Å². The molecule has 1 atom stereocenters. The fourth-order valence-electron chi connectivity index (χ4n) is 3.60. The van der Waals surface area contributed by atoms with Gasteiger partial charge in [-0.2, -0.15) is 0 Å². The van der Waals surface area contributed by atoms with Crippen LogP contribution in [0.3, 0.4) is 0 Å². The van der Waals surface area contributed by atoms with Crippen LogP contribution in [0.4, 0.5) is 5.13 Å². The average molecular weight is 294 g/mol. The van der Waals surface area contributed by atoms with E-state index in [2.05, 4.69) is 32.6 Å². The van der Waals surface area contributed by atoms with Crippen molar-refractivity contribution in [1.29, 1.82) is 0 Å². The summed E-state index contributed by atoms with van der Waals surface area (Å²) >= 11 is 1.72. The van der Waals surface area contributed by atoms with Crippen LogP contribution in [0, 0.1) is 10.8 Å². The number of aliphatic hydroxyl groups is 1. The maximum Gasteiger partial charge on any atom is 0.185 e. The van der Waals surface area contributed by atoms with Crippen LogP contribution >= 0.6 is 11.3 Å². The summed E-state index contributed by atoms with van der Waals surface area (Å²) in [7, 11) is 0. The van der Waals surface area contributed by atoms with Gasteiger partial charge in [0, 0.05) is 13.1 Å². The second-order valence-electron chi connectivity index (χ2n) is 8.06. The molecule has 1 aromatic rings. The second-order valence-corrected chi connectivity index (χ2v) is 9.07.